The van der Waals surface area contributed by atoms with E-state index in [1.54, 1.807) is 0 Å². The molecule has 0 unspecified atom stereocenters. The molecule has 0 fully saturated rings. The molecule has 0 aliphatic carbocycles. The molecule has 1 heterocycles. The first-order valence-electron chi connectivity index (χ1n) is 8.24. The second-order valence-electron chi connectivity index (χ2n) is 6.93. The quantitative estimate of drug-likeness (QED) is 0.702. The molecule has 124 valence electrons. The molecule has 2 aromatic rings. The molecule has 0 saturated heterocycles. The fraction of sp³-hybridized carbons (Fsp3) is 0.286. The Morgan fingerprint density at radius 1 is 1.00 bits per heavy atom. The molecule has 0 amide bonds. The van der Waals surface area contributed by atoms with E-state index in [2.05, 4.69) is 93.5 Å². The van der Waals surface area contributed by atoms with E-state index >= 15 is 0 Å². The fourth-order valence-electron chi connectivity index (χ4n) is 2.77. The van der Waals surface area contributed by atoms with Crippen LogP contribution < -0.4 is 4.90 Å². The minimum atomic E-state index is 0.143. The molecule has 2 aromatic carbocycles. The second-order valence-corrected chi connectivity index (χ2v) is 8.68. The summed E-state index contributed by atoms with van der Waals surface area (Å²) < 4.78 is 0.143. The first-order chi connectivity index (χ1) is 11.4. The summed E-state index contributed by atoms with van der Waals surface area (Å²) in [7, 11) is 4.12. The van der Waals surface area contributed by atoms with Crippen LogP contribution in [-0.4, -0.2) is 24.6 Å². The van der Waals surface area contributed by atoms with Gasteiger partial charge in [0.1, 0.15) is 0 Å². The molecular formula is C21H24N2S. The summed E-state index contributed by atoms with van der Waals surface area (Å²) >= 11 is 1.91. The molecule has 1 aliphatic rings. The predicted octanol–water partition coefficient (Wildman–Crippen LogP) is 5.81. The van der Waals surface area contributed by atoms with E-state index in [4.69, 9.17) is 4.99 Å². The van der Waals surface area contributed by atoms with E-state index in [0.29, 0.717) is 0 Å². The van der Waals surface area contributed by atoms with Crippen molar-refractivity contribution in [3.8, 4) is 0 Å². The van der Waals surface area contributed by atoms with Crippen LogP contribution in [0.1, 0.15) is 25.8 Å². The fourth-order valence-corrected chi connectivity index (χ4v) is 3.95. The number of hydrogen-bond acceptors (Lipinski definition) is 3. The van der Waals surface area contributed by atoms with Gasteiger partial charge in [0.25, 0.3) is 0 Å². The molecule has 0 spiro atoms. The van der Waals surface area contributed by atoms with Crippen LogP contribution in [0.15, 0.2) is 64.5 Å². The lowest BCUT2D eigenvalue weighted by Crippen LogP contribution is -2.17. The third-order valence-electron chi connectivity index (χ3n) is 4.00. The van der Waals surface area contributed by atoms with Gasteiger partial charge in [0.05, 0.1) is 5.69 Å². The Bertz CT molecular complexity index is 771. The van der Waals surface area contributed by atoms with Gasteiger partial charge in [0.15, 0.2) is 0 Å². The number of anilines is 1. The highest BCUT2D eigenvalue weighted by Gasteiger charge is 2.25. The second kappa shape index (κ2) is 6.86. The van der Waals surface area contributed by atoms with Crippen molar-refractivity contribution in [1.82, 2.24) is 0 Å². The Morgan fingerprint density at radius 3 is 2.42 bits per heavy atom. The van der Waals surface area contributed by atoms with E-state index in [9.17, 15) is 0 Å². The van der Waals surface area contributed by atoms with Gasteiger partial charge in [-0.3, -0.25) is 4.99 Å². The molecule has 0 radical (unpaired) electrons. The number of thioether (sulfide) groups is 1. The predicted molar refractivity (Wildman–Crippen MR) is 108 cm³/mol. The maximum absolute atomic E-state index is 4.90. The van der Waals surface area contributed by atoms with Gasteiger partial charge in [-0.25, -0.2) is 0 Å². The summed E-state index contributed by atoms with van der Waals surface area (Å²) in [4.78, 5) is 8.27. The monoisotopic (exact) mass is 336 g/mol. The van der Waals surface area contributed by atoms with Gasteiger partial charge >= 0.3 is 0 Å². The molecule has 3 rings (SSSR count). The highest BCUT2D eigenvalue weighted by molar-refractivity contribution is 8.00. The molecule has 0 N–H and O–H groups in total. The van der Waals surface area contributed by atoms with Crippen molar-refractivity contribution in [2.45, 2.75) is 29.9 Å². The van der Waals surface area contributed by atoms with Crippen LogP contribution in [0.2, 0.25) is 0 Å². The molecule has 3 heteroatoms. The van der Waals surface area contributed by atoms with Crippen molar-refractivity contribution < 1.29 is 0 Å². The van der Waals surface area contributed by atoms with Crippen molar-refractivity contribution in [1.29, 1.82) is 0 Å². The lowest BCUT2D eigenvalue weighted by atomic mass is 10.0. The van der Waals surface area contributed by atoms with Crippen LogP contribution in [0, 0.1) is 0 Å². The first-order valence-corrected chi connectivity index (χ1v) is 9.06. The minimum Gasteiger partial charge on any atom is -0.378 e. The molecule has 1 aliphatic heterocycles. The number of nitrogens with zero attached hydrogens (tertiary/aromatic N) is 2. The SMILES string of the molecule is CN(C)c1ccc(/C=C/C2=Nc3ccccc3SC(C)(C)C2)cc1. The summed E-state index contributed by atoms with van der Waals surface area (Å²) in [6.45, 7) is 4.57. The van der Waals surface area contributed by atoms with Gasteiger partial charge in [-0.1, -0.05) is 30.3 Å². The average molecular weight is 337 g/mol. The van der Waals surface area contributed by atoms with Gasteiger partial charge in [-0.2, -0.15) is 0 Å². The van der Waals surface area contributed by atoms with E-state index in [0.717, 1.165) is 17.8 Å². The number of benzene rings is 2. The Morgan fingerprint density at radius 2 is 1.71 bits per heavy atom. The van der Waals surface area contributed by atoms with Crippen LogP contribution >= 0.6 is 11.8 Å². The van der Waals surface area contributed by atoms with Gasteiger partial charge in [0.2, 0.25) is 0 Å². The number of allylic oxidation sites excluding steroid dienone is 1. The normalized spacial score (nSPS) is 16.4. The van der Waals surface area contributed by atoms with Gasteiger partial charge in [-0.15, -0.1) is 11.8 Å². The number of hydrogen-bond donors (Lipinski definition) is 0. The topological polar surface area (TPSA) is 15.6 Å². The summed E-state index contributed by atoms with van der Waals surface area (Å²) in [5, 5.41) is 0. The van der Waals surface area contributed by atoms with E-state index in [1.807, 2.05) is 11.8 Å². The first kappa shape index (κ1) is 16.8. The van der Waals surface area contributed by atoms with Crippen molar-refractivity contribution in [3.05, 3.63) is 60.2 Å². The van der Waals surface area contributed by atoms with Crippen molar-refractivity contribution in [3.63, 3.8) is 0 Å². The third-order valence-corrected chi connectivity index (χ3v) is 5.26. The Kier molecular flexibility index (Phi) is 4.81. The molecule has 24 heavy (non-hydrogen) atoms. The lowest BCUT2D eigenvalue weighted by molar-refractivity contribution is 0.752. The summed E-state index contributed by atoms with van der Waals surface area (Å²) in [6, 6.07) is 17.0. The number of aliphatic imine (C=N–C) groups is 1. The molecule has 0 saturated carbocycles. The van der Waals surface area contributed by atoms with Crippen molar-refractivity contribution in [2.75, 3.05) is 19.0 Å². The van der Waals surface area contributed by atoms with Crippen LogP contribution in [0.25, 0.3) is 6.08 Å². The molecule has 0 bridgehead atoms. The van der Waals surface area contributed by atoms with E-state index in [1.165, 1.54) is 16.1 Å². The van der Waals surface area contributed by atoms with Gasteiger partial charge < -0.3 is 4.90 Å². The smallest absolute Gasteiger partial charge is 0.0768 e. The Labute approximate surface area is 149 Å². The highest BCUT2D eigenvalue weighted by atomic mass is 32.2. The largest absolute Gasteiger partial charge is 0.378 e. The average Bonchev–Trinajstić information content (AvgIpc) is 2.67. The van der Waals surface area contributed by atoms with E-state index in [-0.39, 0.29) is 4.75 Å². The zero-order valence-corrected chi connectivity index (χ0v) is 15.6. The standard InChI is InChI=1S/C21H24N2S/c1-21(2)15-17(22-19-7-5-6-8-20(19)24-21)12-9-16-10-13-18(14-11-16)23(3)4/h5-14H,15H2,1-4H3/b12-9+. The third kappa shape index (κ3) is 4.09. The summed E-state index contributed by atoms with van der Waals surface area (Å²) in [5.41, 5.74) is 4.63. The van der Waals surface area contributed by atoms with Crippen LogP contribution in [0.4, 0.5) is 11.4 Å². The van der Waals surface area contributed by atoms with Crippen LogP contribution in [0.3, 0.4) is 0 Å². The molecule has 2 nitrogen and oxygen atoms in total. The Hall–Kier alpha value is -2.00. The zero-order chi connectivity index (χ0) is 17.2. The maximum Gasteiger partial charge on any atom is 0.0768 e. The molecule has 0 atom stereocenters. The number of para-hydroxylation sites is 1. The van der Waals surface area contributed by atoms with Crippen LogP contribution in [0.5, 0.6) is 0 Å². The zero-order valence-electron chi connectivity index (χ0n) is 14.8. The lowest BCUT2D eigenvalue weighted by Gasteiger charge is -2.21. The van der Waals surface area contributed by atoms with Gasteiger partial charge in [0, 0.05) is 41.6 Å². The number of rotatable bonds is 3. The summed E-state index contributed by atoms with van der Waals surface area (Å²) in [6.07, 6.45) is 5.28. The van der Waals surface area contributed by atoms with Crippen molar-refractivity contribution >= 4 is 34.9 Å². The molecule has 0 aromatic heterocycles. The maximum atomic E-state index is 4.90. The summed E-state index contributed by atoms with van der Waals surface area (Å²) in [5.74, 6) is 0. The van der Waals surface area contributed by atoms with Crippen molar-refractivity contribution in [2.24, 2.45) is 4.99 Å². The van der Waals surface area contributed by atoms with E-state index < -0.39 is 0 Å². The Balaban J connectivity index is 1.86. The molecular weight excluding hydrogens is 312 g/mol. The highest BCUT2D eigenvalue weighted by Crippen LogP contribution is 2.43. The van der Waals surface area contributed by atoms with Gasteiger partial charge in [-0.05, 0) is 49.8 Å². The number of fused-ring (bicyclic) bond motifs is 1. The minimum absolute atomic E-state index is 0.143. The van der Waals surface area contributed by atoms with Crippen LogP contribution in [-0.2, 0) is 0 Å².